The van der Waals surface area contributed by atoms with Crippen LogP contribution in [0.25, 0.3) is 10.8 Å². The van der Waals surface area contributed by atoms with E-state index in [2.05, 4.69) is 20.8 Å². The maximum Gasteiger partial charge on any atom is 0.275 e. The van der Waals surface area contributed by atoms with Gasteiger partial charge in [-0.3, -0.25) is 9.59 Å². The highest BCUT2D eigenvalue weighted by molar-refractivity contribution is 6.06. The molecule has 0 unspecified atom stereocenters. The van der Waals surface area contributed by atoms with Gasteiger partial charge in [0.1, 0.15) is 11.6 Å². The molecule has 1 heterocycles. The molecule has 0 aliphatic rings. The Kier molecular flexibility index (Phi) is 5.64. The maximum absolute atomic E-state index is 12.3. The standard InChI is InChI=1S/C21H20N4O3/c1-13-7-8-22-19(9-13)23-20(27)10-14(2)24-25-21(28)17-11-15-5-3-4-6-16(15)12-18(17)26/h3-9,11-12,26H,10H2,1-2H3,(H,25,28)(H,22,23,27)/b24-14+. The van der Waals surface area contributed by atoms with Crippen molar-refractivity contribution >= 4 is 34.1 Å². The van der Waals surface area contributed by atoms with Gasteiger partial charge in [0.05, 0.1) is 12.0 Å². The maximum atomic E-state index is 12.3. The van der Waals surface area contributed by atoms with Gasteiger partial charge in [0, 0.05) is 11.9 Å². The molecule has 0 aliphatic carbocycles. The minimum atomic E-state index is -0.552. The fourth-order valence-electron chi connectivity index (χ4n) is 2.68. The molecule has 0 fully saturated rings. The van der Waals surface area contributed by atoms with Crippen LogP contribution in [0.5, 0.6) is 5.75 Å². The number of anilines is 1. The molecule has 0 saturated carbocycles. The number of hydrogen-bond acceptors (Lipinski definition) is 5. The first kappa shape index (κ1) is 19.0. The van der Waals surface area contributed by atoms with E-state index in [1.54, 1.807) is 25.3 Å². The van der Waals surface area contributed by atoms with Crippen LogP contribution in [0.15, 0.2) is 59.8 Å². The lowest BCUT2D eigenvalue weighted by Crippen LogP contribution is -2.21. The van der Waals surface area contributed by atoms with Gasteiger partial charge in [-0.15, -0.1) is 0 Å². The van der Waals surface area contributed by atoms with Crippen molar-refractivity contribution in [2.24, 2.45) is 5.10 Å². The van der Waals surface area contributed by atoms with E-state index in [0.29, 0.717) is 11.5 Å². The number of hydrazone groups is 1. The van der Waals surface area contributed by atoms with Crippen LogP contribution < -0.4 is 10.7 Å². The van der Waals surface area contributed by atoms with Gasteiger partial charge < -0.3 is 10.4 Å². The van der Waals surface area contributed by atoms with Gasteiger partial charge in [-0.1, -0.05) is 24.3 Å². The van der Waals surface area contributed by atoms with Crippen LogP contribution in [0, 0.1) is 6.92 Å². The molecule has 3 aromatic rings. The third-order valence-electron chi connectivity index (χ3n) is 4.06. The molecule has 2 amide bonds. The minimum Gasteiger partial charge on any atom is -0.507 e. The molecule has 0 bridgehead atoms. The van der Waals surface area contributed by atoms with Crippen molar-refractivity contribution in [3.63, 3.8) is 0 Å². The van der Waals surface area contributed by atoms with Crippen molar-refractivity contribution in [3.05, 3.63) is 65.9 Å². The van der Waals surface area contributed by atoms with Gasteiger partial charge in [-0.05, 0) is 54.4 Å². The smallest absolute Gasteiger partial charge is 0.275 e. The summed E-state index contributed by atoms with van der Waals surface area (Å²) in [5.41, 5.74) is 3.89. The van der Waals surface area contributed by atoms with E-state index in [9.17, 15) is 14.7 Å². The number of aryl methyl sites for hydroxylation is 1. The summed E-state index contributed by atoms with van der Waals surface area (Å²) in [6.45, 7) is 3.53. The van der Waals surface area contributed by atoms with Crippen molar-refractivity contribution in [1.82, 2.24) is 10.4 Å². The van der Waals surface area contributed by atoms with E-state index in [0.717, 1.165) is 16.3 Å². The molecule has 0 spiro atoms. The Morgan fingerprint density at radius 2 is 1.82 bits per heavy atom. The number of nitrogens with zero attached hydrogens (tertiary/aromatic N) is 2. The quantitative estimate of drug-likeness (QED) is 0.469. The number of fused-ring (bicyclic) bond motifs is 1. The van der Waals surface area contributed by atoms with Crippen LogP contribution in [-0.4, -0.2) is 27.6 Å². The molecule has 3 rings (SSSR count). The Bertz CT molecular complexity index is 1080. The van der Waals surface area contributed by atoms with Crippen LogP contribution >= 0.6 is 0 Å². The zero-order valence-corrected chi connectivity index (χ0v) is 15.6. The lowest BCUT2D eigenvalue weighted by Gasteiger charge is -2.07. The van der Waals surface area contributed by atoms with Crippen molar-refractivity contribution in [2.75, 3.05) is 5.32 Å². The van der Waals surface area contributed by atoms with E-state index >= 15 is 0 Å². The van der Waals surface area contributed by atoms with Crippen molar-refractivity contribution < 1.29 is 14.7 Å². The van der Waals surface area contributed by atoms with E-state index < -0.39 is 5.91 Å². The highest BCUT2D eigenvalue weighted by Crippen LogP contribution is 2.24. The van der Waals surface area contributed by atoms with Gasteiger partial charge in [0.2, 0.25) is 5.91 Å². The van der Waals surface area contributed by atoms with Crippen molar-refractivity contribution in [1.29, 1.82) is 0 Å². The first-order chi connectivity index (χ1) is 13.4. The summed E-state index contributed by atoms with van der Waals surface area (Å²) >= 11 is 0. The van der Waals surface area contributed by atoms with Gasteiger partial charge in [0.25, 0.3) is 5.91 Å². The van der Waals surface area contributed by atoms with Gasteiger partial charge in [-0.2, -0.15) is 5.10 Å². The Balaban J connectivity index is 1.63. The third kappa shape index (κ3) is 4.70. The first-order valence-electron chi connectivity index (χ1n) is 8.70. The second kappa shape index (κ2) is 8.30. The lowest BCUT2D eigenvalue weighted by molar-refractivity contribution is -0.115. The number of nitrogens with one attached hydrogen (secondary N) is 2. The summed E-state index contributed by atoms with van der Waals surface area (Å²) in [5.74, 6) is -0.513. The van der Waals surface area contributed by atoms with Crippen LogP contribution in [-0.2, 0) is 4.79 Å². The number of pyridine rings is 1. The molecule has 0 atom stereocenters. The molecule has 0 aliphatic heterocycles. The summed E-state index contributed by atoms with van der Waals surface area (Å²) in [5, 5.41) is 18.4. The fraction of sp³-hybridized carbons (Fsp3) is 0.143. The molecular formula is C21H20N4O3. The zero-order chi connectivity index (χ0) is 20.1. The topological polar surface area (TPSA) is 104 Å². The van der Waals surface area contributed by atoms with E-state index in [-0.39, 0.29) is 23.6 Å². The third-order valence-corrected chi connectivity index (χ3v) is 4.06. The normalized spacial score (nSPS) is 11.3. The molecule has 7 nitrogen and oxygen atoms in total. The second-order valence-electron chi connectivity index (χ2n) is 6.45. The second-order valence-corrected chi connectivity index (χ2v) is 6.45. The lowest BCUT2D eigenvalue weighted by atomic mass is 10.1. The molecule has 1 aromatic heterocycles. The molecule has 0 radical (unpaired) electrons. The molecule has 0 saturated heterocycles. The number of benzene rings is 2. The van der Waals surface area contributed by atoms with Gasteiger partial charge >= 0.3 is 0 Å². The van der Waals surface area contributed by atoms with Crippen LogP contribution in [0.2, 0.25) is 0 Å². The highest BCUT2D eigenvalue weighted by atomic mass is 16.3. The number of aromatic nitrogens is 1. The van der Waals surface area contributed by atoms with Gasteiger partial charge in [0.15, 0.2) is 0 Å². The summed E-state index contributed by atoms with van der Waals surface area (Å²) in [6.07, 6.45) is 1.61. The average Bonchev–Trinajstić information content (AvgIpc) is 2.65. The van der Waals surface area contributed by atoms with Crippen LogP contribution in [0.4, 0.5) is 5.82 Å². The van der Waals surface area contributed by atoms with Gasteiger partial charge in [-0.25, -0.2) is 10.4 Å². The number of amides is 2. The summed E-state index contributed by atoms with van der Waals surface area (Å²) in [7, 11) is 0. The van der Waals surface area contributed by atoms with Crippen LogP contribution in [0.1, 0.15) is 29.3 Å². The summed E-state index contributed by atoms with van der Waals surface area (Å²) in [6, 6.07) is 14.1. The molecule has 142 valence electrons. The Morgan fingerprint density at radius 3 is 2.54 bits per heavy atom. The first-order valence-corrected chi connectivity index (χ1v) is 8.70. The Morgan fingerprint density at radius 1 is 1.11 bits per heavy atom. The largest absolute Gasteiger partial charge is 0.507 e. The number of hydrogen-bond donors (Lipinski definition) is 3. The molecular weight excluding hydrogens is 356 g/mol. The molecule has 28 heavy (non-hydrogen) atoms. The Hall–Kier alpha value is -3.74. The number of carbonyl (C=O) groups is 2. The highest BCUT2D eigenvalue weighted by Gasteiger charge is 2.12. The minimum absolute atomic E-state index is 0.000392. The summed E-state index contributed by atoms with van der Waals surface area (Å²) in [4.78, 5) is 28.5. The molecule has 3 N–H and O–H groups in total. The zero-order valence-electron chi connectivity index (χ0n) is 15.6. The number of rotatable bonds is 5. The number of carbonyl (C=O) groups excluding carboxylic acids is 2. The predicted molar refractivity (Wildman–Crippen MR) is 108 cm³/mol. The number of aromatic hydroxyl groups is 1. The van der Waals surface area contributed by atoms with Crippen molar-refractivity contribution in [3.8, 4) is 5.75 Å². The van der Waals surface area contributed by atoms with E-state index in [1.165, 1.54) is 6.07 Å². The SMILES string of the molecule is C/C(CC(=O)Nc1cc(C)ccn1)=N\NC(=O)c1cc2ccccc2cc1O. The fourth-order valence-corrected chi connectivity index (χ4v) is 2.68. The predicted octanol–water partition coefficient (Wildman–Crippen LogP) is 3.38. The number of phenolic OH excluding ortho intramolecular Hbond substituents is 1. The molecule has 2 aromatic carbocycles. The van der Waals surface area contributed by atoms with E-state index in [1.807, 2.05) is 37.3 Å². The summed E-state index contributed by atoms with van der Waals surface area (Å²) < 4.78 is 0. The van der Waals surface area contributed by atoms with Crippen LogP contribution in [0.3, 0.4) is 0 Å². The number of phenols is 1. The molecule has 7 heteroatoms. The average molecular weight is 376 g/mol. The monoisotopic (exact) mass is 376 g/mol. The van der Waals surface area contributed by atoms with E-state index in [4.69, 9.17) is 0 Å². The Labute approximate surface area is 162 Å². The van der Waals surface area contributed by atoms with Crippen molar-refractivity contribution in [2.45, 2.75) is 20.3 Å².